The molecule has 1 aromatic carbocycles. The number of aryl methyl sites for hydroxylation is 2. The summed E-state index contributed by atoms with van der Waals surface area (Å²) in [6, 6.07) is 7.90. The second-order valence-corrected chi connectivity index (χ2v) is 7.15. The average Bonchev–Trinajstić information content (AvgIpc) is 3.25. The first-order valence-electron chi connectivity index (χ1n) is 8.08. The lowest BCUT2D eigenvalue weighted by molar-refractivity contribution is 0.207. The van der Waals surface area contributed by atoms with Crippen LogP contribution in [-0.2, 0) is 0 Å². The summed E-state index contributed by atoms with van der Waals surface area (Å²) in [6.07, 6.45) is 1.97. The van der Waals surface area contributed by atoms with E-state index in [0.29, 0.717) is 5.13 Å². The molecule has 1 atom stereocenters. The van der Waals surface area contributed by atoms with E-state index in [1.165, 1.54) is 11.3 Å². The Morgan fingerprint density at radius 3 is 2.96 bits per heavy atom. The first-order valence-corrected chi connectivity index (χ1v) is 8.90. The minimum Gasteiger partial charge on any atom is -0.317 e. The van der Waals surface area contributed by atoms with Crippen molar-refractivity contribution < 1.29 is 4.79 Å². The summed E-state index contributed by atoms with van der Waals surface area (Å²) >= 11 is 1.50. The Morgan fingerprint density at radius 2 is 2.21 bits per heavy atom. The number of rotatable bonds is 2. The van der Waals surface area contributed by atoms with E-state index in [2.05, 4.69) is 20.5 Å². The van der Waals surface area contributed by atoms with Gasteiger partial charge < -0.3 is 4.90 Å². The van der Waals surface area contributed by atoms with Crippen molar-refractivity contribution in [2.45, 2.75) is 32.7 Å². The van der Waals surface area contributed by atoms with Crippen molar-refractivity contribution >= 4 is 32.7 Å². The van der Waals surface area contributed by atoms with Gasteiger partial charge in [0.15, 0.2) is 5.13 Å². The van der Waals surface area contributed by atoms with E-state index in [-0.39, 0.29) is 12.1 Å². The molecule has 24 heavy (non-hydrogen) atoms. The van der Waals surface area contributed by atoms with E-state index in [4.69, 9.17) is 0 Å². The number of fused-ring (bicyclic) bond motifs is 1. The van der Waals surface area contributed by atoms with Crippen LogP contribution < -0.4 is 5.32 Å². The molecule has 0 saturated carbocycles. The highest BCUT2D eigenvalue weighted by Crippen LogP contribution is 2.35. The number of aromatic nitrogens is 3. The predicted octanol–water partition coefficient (Wildman–Crippen LogP) is 4.01. The number of nitrogens with zero attached hydrogens (tertiary/aromatic N) is 3. The van der Waals surface area contributed by atoms with Crippen molar-refractivity contribution in [2.24, 2.45) is 0 Å². The molecule has 1 aliphatic rings. The van der Waals surface area contributed by atoms with Crippen LogP contribution in [0.25, 0.3) is 10.2 Å². The zero-order valence-electron chi connectivity index (χ0n) is 13.7. The Morgan fingerprint density at radius 1 is 1.38 bits per heavy atom. The Balaban J connectivity index is 1.57. The van der Waals surface area contributed by atoms with Crippen LogP contribution in [0.3, 0.4) is 0 Å². The van der Waals surface area contributed by atoms with Gasteiger partial charge in [-0.05, 0) is 38.8 Å². The maximum absolute atomic E-state index is 12.8. The first-order chi connectivity index (χ1) is 11.6. The van der Waals surface area contributed by atoms with Crippen LogP contribution in [0.5, 0.6) is 0 Å². The number of hydrogen-bond donors (Lipinski definition) is 2. The molecule has 124 valence electrons. The van der Waals surface area contributed by atoms with Crippen LogP contribution in [0.1, 0.15) is 35.8 Å². The molecule has 0 aliphatic carbocycles. The smallest absolute Gasteiger partial charge is 0.317 e. The third-order valence-electron chi connectivity index (χ3n) is 4.54. The number of carbonyl (C=O) groups excluding carboxylic acids is 1. The number of para-hydroxylation sites is 1. The molecular formula is C17H19N5OS. The fourth-order valence-corrected chi connectivity index (χ4v) is 4.30. The molecule has 6 nitrogen and oxygen atoms in total. The molecule has 2 N–H and O–H groups in total. The van der Waals surface area contributed by atoms with E-state index in [1.54, 1.807) is 0 Å². The fourth-order valence-electron chi connectivity index (χ4n) is 3.45. The number of H-pyrrole nitrogens is 1. The van der Waals surface area contributed by atoms with E-state index in [9.17, 15) is 4.79 Å². The van der Waals surface area contributed by atoms with Crippen LogP contribution in [0, 0.1) is 13.8 Å². The Hall–Kier alpha value is -2.41. The van der Waals surface area contributed by atoms with E-state index < -0.39 is 0 Å². The van der Waals surface area contributed by atoms with Crippen molar-refractivity contribution in [1.82, 2.24) is 20.1 Å². The Kier molecular flexibility index (Phi) is 3.72. The number of hydrogen-bond acceptors (Lipinski definition) is 4. The summed E-state index contributed by atoms with van der Waals surface area (Å²) in [7, 11) is 0. The zero-order chi connectivity index (χ0) is 16.7. The van der Waals surface area contributed by atoms with Crippen molar-refractivity contribution in [3.05, 3.63) is 41.2 Å². The standard InChI is InChI=1S/C17H19N5OS/c1-10-15(11(2)21-20-10)13-7-5-9-22(13)17(23)19-16-18-12-6-3-4-8-14(12)24-16/h3-4,6,8,13H,5,7,9H2,1-2H3,(H,20,21)(H,18,19,23)/t13-/m0/s1. The molecule has 0 spiro atoms. The summed E-state index contributed by atoms with van der Waals surface area (Å²) in [4.78, 5) is 19.2. The van der Waals surface area contributed by atoms with Gasteiger partial charge in [-0.1, -0.05) is 23.5 Å². The van der Waals surface area contributed by atoms with Crippen LogP contribution >= 0.6 is 11.3 Å². The van der Waals surface area contributed by atoms with Crippen LogP contribution in [-0.4, -0.2) is 32.7 Å². The first kappa shape index (κ1) is 15.1. The maximum atomic E-state index is 12.8. The number of amides is 2. The summed E-state index contributed by atoms with van der Waals surface area (Å²) in [5, 5.41) is 10.9. The van der Waals surface area contributed by atoms with Crippen molar-refractivity contribution in [3.8, 4) is 0 Å². The van der Waals surface area contributed by atoms with Gasteiger partial charge in [0, 0.05) is 17.8 Å². The predicted molar refractivity (Wildman–Crippen MR) is 95.4 cm³/mol. The molecular weight excluding hydrogens is 322 g/mol. The largest absolute Gasteiger partial charge is 0.324 e. The minimum absolute atomic E-state index is 0.0816. The van der Waals surface area contributed by atoms with Gasteiger partial charge in [-0.15, -0.1) is 0 Å². The molecule has 4 rings (SSSR count). The third kappa shape index (κ3) is 2.54. The van der Waals surface area contributed by atoms with Gasteiger partial charge in [0.1, 0.15) is 0 Å². The lowest BCUT2D eigenvalue weighted by atomic mass is 10.0. The summed E-state index contributed by atoms with van der Waals surface area (Å²) in [5.74, 6) is 0. The quantitative estimate of drug-likeness (QED) is 0.740. The van der Waals surface area contributed by atoms with Gasteiger partial charge in [0.05, 0.1) is 22.0 Å². The molecule has 1 fully saturated rings. The molecule has 7 heteroatoms. The van der Waals surface area contributed by atoms with Crippen LogP contribution in [0.15, 0.2) is 24.3 Å². The number of urea groups is 1. The topological polar surface area (TPSA) is 73.9 Å². The van der Waals surface area contributed by atoms with Gasteiger partial charge in [-0.25, -0.2) is 9.78 Å². The summed E-state index contributed by atoms with van der Waals surface area (Å²) < 4.78 is 1.08. The van der Waals surface area contributed by atoms with Gasteiger partial charge in [0.25, 0.3) is 0 Å². The van der Waals surface area contributed by atoms with E-state index in [0.717, 1.165) is 46.6 Å². The van der Waals surface area contributed by atoms with Gasteiger partial charge in [-0.2, -0.15) is 5.10 Å². The number of aromatic amines is 1. The number of carbonyl (C=O) groups is 1. The SMILES string of the molecule is Cc1n[nH]c(C)c1[C@@H]1CCCN1C(=O)Nc1nc2ccccc2s1. The summed E-state index contributed by atoms with van der Waals surface area (Å²) in [6.45, 7) is 4.75. The van der Waals surface area contributed by atoms with Gasteiger partial charge in [-0.3, -0.25) is 10.4 Å². The fraction of sp³-hybridized carbons (Fsp3) is 0.353. The van der Waals surface area contributed by atoms with Crippen molar-refractivity contribution in [2.75, 3.05) is 11.9 Å². The van der Waals surface area contributed by atoms with E-state index >= 15 is 0 Å². The number of nitrogens with one attached hydrogen (secondary N) is 2. The van der Waals surface area contributed by atoms with Gasteiger partial charge >= 0.3 is 6.03 Å². The Labute approximate surface area is 143 Å². The number of benzene rings is 1. The van der Waals surface area contributed by atoms with E-state index in [1.807, 2.05) is 43.0 Å². The molecule has 1 aliphatic heterocycles. The third-order valence-corrected chi connectivity index (χ3v) is 5.49. The molecule has 1 saturated heterocycles. The molecule has 2 aromatic heterocycles. The highest BCUT2D eigenvalue weighted by molar-refractivity contribution is 7.22. The molecule has 0 radical (unpaired) electrons. The zero-order valence-corrected chi connectivity index (χ0v) is 14.5. The second-order valence-electron chi connectivity index (χ2n) is 6.12. The number of anilines is 1. The van der Waals surface area contributed by atoms with Crippen LogP contribution in [0.4, 0.5) is 9.93 Å². The highest BCUT2D eigenvalue weighted by atomic mass is 32.1. The highest BCUT2D eigenvalue weighted by Gasteiger charge is 2.33. The molecule has 0 unspecified atom stereocenters. The van der Waals surface area contributed by atoms with Crippen LogP contribution in [0.2, 0.25) is 0 Å². The summed E-state index contributed by atoms with van der Waals surface area (Å²) in [5.41, 5.74) is 4.07. The normalized spacial score (nSPS) is 17.6. The number of thiazole rings is 1. The minimum atomic E-state index is -0.0865. The molecule has 2 amide bonds. The lowest BCUT2D eigenvalue weighted by Crippen LogP contribution is -2.34. The van der Waals surface area contributed by atoms with Crippen molar-refractivity contribution in [3.63, 3.8) is 0 Å². The maximum Gasteiger partial charge on any atom is 0.324 e. The monoisotopic (exact) mass is 341 g/mol. The Bertz CT molecular complexity index is 847. The van der Waals surface area contributed by atoms with Gasteiger partial charge in [0.2, 0.25) is 0 Å². The molecule has 0 bridgehead atoms. The lowest BCUT2D eigenvalue weighted by Gasteiger charge is -2.25. The second kappa shape index (κ2) is 5.90. The molecule has 3 heterocycles. The molecule has 3 aromatic rings. The van der Waals surface area contributed by atoms with Crippen molar-refractivity contribution in [1.29, 1.82) is 0 Å². The number of likely N-dealkylation sites (tertiary alicyclic amines) is 1. The average molecular weight is 341 g/mol.